The Balaban J connectivity index is 1.33. The number of carboxylic acids is 1. The number of aryl methyl sites for hydroxylation is 1. The smallest absolute Gasteiger partial charge is 0.335 e. The molecule has 0 atom stereocenters. The molecule has 0 radical (unpaired) electrons. The zero-order chi connectivity index (χ0) is 27.7. The van der Waals surface area contributed by atoms with Gasteiger partial charge in [0, 0.05) is 19.2 Å². The zero-order valence-electron chi connectivity index (χ0n) is 20.4. The summed E-state index contributed by atoms with van der Waals surface area (Å²) in [6, 6.07) is 10.9. The Hall–Kier alpha value is -5.33. The number of carbonyl (C=O) groups excluding carboxylic acids is 3. The number of rotatable bonds is 7. The Kier molecular flexibility index (Phi) is 6.63. The van der Waals surface area contributed by atoms with Crippen LogP contribution in [0, 0.1) is 12.7 Å². The highest BCUT2D eigenvalue weighted by molar-refractivity contribution is 5.98. The first-order chi connectivity index (χ1) is 18.7. The first-order valence-corrected chi connectivity index (χ1v) is 11.7. The van der Waals surface area contributed by atoms with Crippen LogP contribution >= 0.6 is 0 Å². The molecule has 4 aromatic rings. The van der Waals surface area contributed by atoms with E-state index >= 15 is 0 Å². The van der Waals surface area contributed by atoms with Crippen LogP contribution in [-0.2, 0) is 17.9 Å². The SMILES string of the molecule is Cc1cc(CNC(=O)c2cc(C(=O)NCc3ccc4c(c3)NC(=O)CO4)nc3c(F)cnn23)ccc1C(=O)O. The second kappa shape index (κ2) is 10.2. The molecule has 1 aliphatic heterocycles. The van der Waals surface area contributed by atoms with Crippen LogP contribution in [0.15, 0.2) is 48.7 Å². The maximum absolute atomic E-state index is 14.4. The van der Waals surface area contributed by atoms with Crippen LogP contribution in [-0.4, -0.2) is 50.0 Å². The quantitative estimate of drug-likeness (QED) is 0.281. The summed E-state index contributed by atoms with van der Waals surface area (Å²) in [7, 11) is 0. The van der Waals surface area contributed by atoms with E-state index in [4.69, 9.17) is 4.74 Å². The molecule has 0 fully saturated rings. The Morgan fingerprint density at radius 2 is 1.79 bits per heavy atom. The largest absolute Gasteiger partial charge is 0.482 e. The van der Waals surface area contributed by atoms with Gasteiger partial charge in [-0.3, -0.25) is 14.4 Å². The maximum atomic E-state index is 14.4. The number of carbonyl (C=O) groups is 4. The lowest BCUT2D eigenvalue weighted by molar-refractivity contribution is -0.118. The summed E-state index contributed by atoms with van der Waals surface area (Å²) in [4.78, 5) is 52.8. The standard InChI is InChI=1S/C26H21FN6O6/c1-13-6-14(2-4-16(13)26(37)38)9-29-25(36)20-8-19(32-23-17(27)11-30-33(20)23)24(35)28-10-15-3-5-21-18(7-15)31-22(34)12-39-21/h2-8,11H,9-10,12H2,1H3,(H,28,35)(H,29,36)(H,31,34)(H,37,38). The number of carboxylic acid groups (broad SMARTS) is 1. The molecule has 0 saturated heterocycles. The monoisotopic (exact) mass is 532 g/mol. The van der Waals surface area contributed by atoms with E-state index in [1.807, 2.05) is 0 Å². The first kappa shape index (κ1) is 25.3. The summed E-state index contributed by atoms with van der Waals surface area (Å²) in [6.07, 6.45) is 0.887. The van der Waals surface area contributed by atoms with Crippen molar-refractivity contribution in [2.24, 2.45) is 0 Å². The lowest BCUT2D eigenvalue weighted by atomic mass is 10.1. The average molecular weight is 532 g/mol. The Morgan fingerprint density at radius 1 is 1.08 bits per heavy atom. The van der Waals surface area contributed by atoms with Crippen LogP contribution in [0.25, 0.3) is 5.65 Å². The van der Waals surface area contributed by atoms with Crippen molar-refractivity contribution < 1.29 is 33.4 Å². The van der Waals surface area contributed by atoms with Crippen LogP contribution < -0.4 is 20.7 Å². The van der Waals surface area contributed by atoms with Gasteiger partial charge in [-0.15, -0.1) is 0 Å². The summed E-state index contributed by atoms with van der Waals surface area (Å²) in [6.45, 7) is 1.68. The van der Waals surface area contributed by atoms with Crippen LogP contribution in [0.2, 0.25) is 0 Å². The first-order valence-electron chi connectivity index (χ1n) is 11.7. The van der Waals surface area contributed by atoms with Gasteiger partial charge in [-0.25, -0.2) is 18.7 Å². The molecule has 13 heteroatoms. The van der Waals surface area contributed by atoms with Gasteiger partial charge in [0.2, 0.25) is 0 Å². The van der Waals surface area contributed by atoms with E-state index in [1.54, 1.807) is 37.3 Å². The molecule has 0 spiro atoms. The second-order valence-electron chi connectivity index (χ2n) is 8.74. The number of hydrogen-bond acceptors (Lipinski definition) is 7. The third-order valence-electron chi connectivity index (χ3n) is 6.00. The summed E-state index contributed by atoms with van der Waals surface area (Å²) in [5.74, 6) is -2.96. The fraction of sp³-hybridized carbons (Fsp3) is 0.154. The van der Waals surface area contributed by atoms with E-state index in [0.717, 1.165) is 10.7 Å². The predicted molar refractivity (Wildman–Crippen MR) is 134 cm³/mol. The minimum absolute atomic E-state index is 0.0489. The van der Waals surface area contributed by atoms with Crippen molar-refractivity contribution >= 4 is 35.0 Å². The third kappa shape index (κ3) is 5.23. The molecule has 3 heterocycles. The van der Waals surface area contributed by atoms with E-state index < -0.39 is 23.6 Å². The Labute approximate surface area is 219 Å². The van der Waals surface area contributed by atoms with E-state index in [2.05, 4.69) is 26.0 Å². The molecule has 12 nitrogen and oxygen atoms in total. The number of hydrogen-bond donors (Lipinski definition) is 4. The number of ether oxygens (including phenoxy) is 1. The number of benzene rings is 2. The molecule has 0 bridgehead atoms. The molecular formula is C26H21FN6O6. The van der Waals surface area contributed by atoms with Gasteiger partial charge < -0.3 is 25.8 Å². The van der Waals surface area contributed by atoms with Crippen molar-refractivity contribution in [2.45, 2.75) is 20.0 Å². The van der Waals surface area contributed by atoms with Gasteiger partial charge in [-0.2, -0.15) is 5.10 Å². The summed E-state index contributed by atoms with van der Waals surface area (Å²) < 4.78 is 20.7. The Morgan fingerprint density at radius 3 is 2.54 bits per heavy atom. The molecule has 0 saturated carbocycles. The average Bonchev–Trinajstić information content (AvgIpc) is 3.29. The summed E-state index contributed by atoms with van der Waals surface area (Å²) >= 11 is 0. The van der Waals surface area contributed by atoms with Crippen LogP contribution in [0.5, 0.6) is 5.75 Å². The van der Waals surface area contributed by atoms with Gasteiger partial charge in [-0.1, -0.05) is 18.2 Å². The lowest BCUT2D eigenvalue weighted by Gasteiger charge is -2.18. The number of halogens is 1. The highest BCUT2D eigenvalue weighted by Crippen LogP contribution is 2.28. The molecule has 3 amide bonds. The van der Waals surface area contributed by atoms with E-state index in [0.29, 0.717) is 28.1 Å². The van der Waals surface area contributed by atoms with Gasteiger partial charge in [0.05, 0.1) is 17.4 Å². The summed E-state index contributed by atoms with van der Waals surface area (Å²) in [5.41, 5.74) is 1.83. The lowest BCUT2D eigenvalue weighted by Crippen LogP contribution is -2.29. The number of fused-ring (bicyclic) bond motifs is 2. The molecule has 0 unspecified atom stereocenters. The maximum Gasteiger partial charge on any atom is 0.335 e. The second-order valence-corrected chi connectivity index (χ2v) is 8.74. The van der Waals surface area contributed by atoms with Crippen LogP contribution in [0.1, 0.15) is 48.0 Å². The van der Waals surface area contributed by atoms with Crippen molar-refractivity contribution in [3.05, 3.63) is 88.1 Å². The van der Waals surface area contributed by atoms with Crippen molar-refractivity contribution in [3.8, 4) is 5.75 Å². The van der Waals surface area contributed by atoms with Gasteiger partial charge in [0.25, 0.3) is 17.7 Å². The van der Waals surface area contributed by atoms with E-state index in [-0.39, 0.29) is 48.2 Å². The van der Waals surface area contributed by atoms with Crippen molar-refractivity contribution in [2.75, 3.05) is 11.9 Å². The highest BCUT2D eigenvalue weighted by Gasteiger charge is 2.21. The van der Waals surface area contributed by atoms with Gasteiger partial charge in [0.15, 0.2) is 18.1 Å². The number of amides is 3. The van der Waals surface area contributed by atoms with Gasteiger partial charge >= 0.3 is 5.97 Å². The number of aromatic carboxylic acids is 1. The topological polar surface area (TPSA) is 164 Å². The molecule has 39 heavy (non-hydrogen) atoms. The van der Waals surface area contributed by atoms with Crippen LogP contribution in [0.4, 0.5) is 10.1 Å². The number of nitrogens with zero attached hydrogens (tertiary/aromatic N) is 3. The number of nitrogens with one attached hydrogen (secondary N) is 3. The highest BCUT2D eigenvalue weighted by atomic mass is 19.1. The summed E-state index contributed by atoms with van der Waals surface area (Å²) in [5, 5.41) is 21.1. The van der Waals surface area contributed by atoms with Crippen LogP contribution in [0.3, 0.4) is 0 Å². The fourth-order valence-corrected chi connectivity index (χ4v) is 4.08. The fourth-order valence-electron chi connectivity index (χ4n) is 4.08. The minimum Gasteiger partial charge on any atom is -0.482 e. The normalized spacial score (nSPS) is 12.3. The predicted octanol–water partition coefficient (Wildman–Crippen LogP) is 2.07. The molecule has 2 aromatic heterocycles. The number of aromatic nitrogens is 3. The van der Waals surface area contributed by atoms with Crippen molar-refractivity contribution in [1.82, 2.24) is 25.2 Å². The number of anilines is 1. The molecular weight excluding hydrogens is 511 g/mol. The zero-order valence-corrected chi connectivity index (χ0v) is 20.4. The molecule has 4 N–H and O–H groups in total. The van der Waals surface area contributed by atoms with Gasteiger partial charge in [0.1, 0.15) is 17.1 Å². The van der Waals surface area contributed by atoms with E-state index in [1.165, 1.54) is 12.1 Å². The van der Waals surface area contributed by atoms with E-state index in [9.17, 15) is 28.7 Å². The van der Waals surface area contributed by atoms with Gasteiger partial charge in [-0.05, 0) is 41.8 Å². The Bertz CT molecular complexity index is 1670. The molecule has 1 aliphatic rings. The minimum atomic E-state index is -1.05. The molecule has 198 valence electrons. The molecule has 2 aromatic carbocycles. The van der Waals surface area contributed by atoms with Crippen molar-refractivity contribution in [1.29, 1.82) is 0 Å². The molecule has 0 aliphatic carbocycles. The van der Waals surface area contributed by atoms with Crippen molar-refractivity contribution in [3.63, 3.8) is 0 Å². The molecule has 5 rings (SSSR count). The third-order valence-corrected chi connectivity index (χ3v) is 6.00.